The molecule has 0 aliphatic heterocycles. The summed E-state index contributed by atoms with van der Waals surface area (Å²) in [6.45, 7) is 0.187. The van der Waals surface area contributed by atoms with Gasteiger partial charge in [-0.05, 0) is 42.0 Å². The molecule has 0 spiro atoms. The van der Waals surface area contributed by atoms with Gasteiger partial charge in [-0.1, -0.05) is 17.7 Å². The third-order valence-electron chi connectivity index (χ3n) is 2.29. The van der Waals surface area contributed by atoms with E-state index >= 15 is 0 Å². The minimum atomic E-state index is -0.446. The molecule has 0 unspecified atom stereocenters. The molecule has 0 saturated heterocycles. The van der Waals surface area contributed by atoms with Crippen molar-refractivity contribution >= 4 is 11.6 Å². The highest BCUT2D eigenvalue weighted by molar-refractivity contribution is 6.30. The van der Waals surface area contributed by atoms with Crippen LogP contribution in [0.5, 0.6) is 5.75 Å². The van der Waals surface area contributed by atoms with E-state index in [-0.39, 0.29) is 12.2 Å². The van der Waals surface area contributed by atoms with E-state index in [4.69, 9.17) is 21.6 Å². The lowest BCUT2D eigenvalue weighted by atomic mass is 10.1. The van der Waals surface area contributed by atoms with Crippen molar-refractivity contribution < 1.29 is 9.13 Å². The van der Waals surface area contributed by atoms with E-state index < -0.39 is 5.82 Å². The van der Waals surface area contributed by atoms with Gasteiger partial charge < -0.3 is 4.74 Å². The van der Waals surface area contributed by atoms with Crippen molar-refractivity contribution in [3.63, 3.8) is 0 Å². The highest BCUT2D eigenvalue weighted by atomic mass is 35.5. The van der Waals surface area contributed by atoms with Crippen LogP contribution in [0.2, 0.25) is 5.02 Å². The average molecular weight is 262 g/mol. The Bertz CT molecular complexity index is 607. The van der Waals surface area contributed by atoms with Crippen molar-refractivity contribution in [1.82, 2.24) is 0 Å². The van der Waals surface area contributed by atoms with E-state index in [1.807, 2.05) is 6.07 Å². The molecule has 0 bridgehead atoms. The fraction of sp³-hybridized carbons (Fsp3) is 0.0714. The van der Waals surface area contributed by atoms with Crippen LogP contribution in [-0.4, -0.2) is 0 Å². The number of rotatable bonds is 3. The van der Waals surface area contributed by atoms with Gasteiger partial charge in [-0.2, -0.15) is 5.26 Å². The first-order valence-electron chi connectivity index (χ1n) is 5.25. The molecule has 4 heteroatoms. The van der Waals surface area contributed by atoms with Crippen molar-refractivity contribution in [3.05, 3.63) is 64.4 Å². The second kappa shape index (κ2) is 5.52. The van der Waals surface area contributed by atoms with Crippen LogP contribution in [0.25, 0.3) is 0 Å². The summed E-state index contributed by atoms with van der Waals surface area (Å²) >= 11 is 5.82. The van der Waals surface area contributed by atoms with E-state index in [9.17, 15) is 4.39 Å². The molecular formula is C14H9ClFNO. The number of nitriles is 1. The molecule has 0 radical (unpaired) electrons. The Labute approximate surface area is 109 Å². The van der Waals surface area contributed by atoms with Gasteiger partial charge >= 0.3 is 0 Å². The fourth-order valence-corrected chi connectivity index (χ4v) is 1.70. The Hall–Kier alpha value is -2.05. The second-order valence-corrected chi connectivity index (χ2v) is 4.14. The normalized spacial score (nSPS) is 9.83. The molecular weight excluding hydrogens is 253 g/mol. The van der Waals surface area contributed by atoms with Crippen LogP contribution in [-0.2, 0) is 6.61 Å². The summed E-state index contributed by atoms with van der Waals surface area (Å²) in [5.74, 6) is 0.156. The first-order chi connectivity index (χ1) is 8.67. The van der Waals surface area contributed by atoms with Crippen molar-refractivity contribution in [2.45, 2.75) is 6.61 Å². The van der Waals surface area contributed by atoms with Gasteiger partial charge in [-0.15, -0.1) is 0 Å². The number of ether oxygens (including phenoxy) is 1. The van der Waals surface area contributed by atoms with Crippen LogP contribution >= 0.6 is 11.6 Å². The maximum atomic E-state index is 13.2. The lowest BCUT2D eigenvalue weighted by molar-refractivity contribution is 0.305. The predicted octanol–water partition coefficient (Wildman–Crippen LogP) is 3.93. The second-order valence-electron chi connectivity index (χ2n) is 3.71. The first-order valence-corrected chi connectivity index (χ1v) is 5.63. The molecule has 18 heavy (non-hydrogen) atoms. The summed E-state index contributed by atoms with van der Waals surface area (Å²) in [5.41, 5.74) is 0.881. The predicted molar refractivity (Wildman–Crippen MR) is 66.9 cm³/mol. The monoisotopic (exact) mass is 261 g/mol. The smallest absolute Gasteiger partial charge is 0.124 e. The van der Waals surface area contributed by atoms with Crippen LogP contribution in [0.3, 0.4) is 0 Å². The molecule has 0 saturated carbocycles. The summed E-state index contributed by atoms with van der Waals surface area (Å²) in [4.78, 5) is 0. The largest absolute Gasteiger partial charge is 0.489 e. The average Bonchev–Trinajstić information content (AvgIpc) is 2.36. The molecule has 0 fully saturated rings. The molecule has 0 aliphatic rings. The fourth-order valence-electron chi connectivity index (χ4n) is 1.52. The SMILES string of the molecule is N#Cc1cc(F)cc(COc2cccc(Cl)c2)c1. The van der Waals surface area contributed by atoms with Gasteiger partial charge in [0.2, 0.25) is 0 Å². The third-order valence-corrected chi connectivity index (χ3v) is 2.52. The van der Waals surface area contributed by atoms with Crippen LogP contribution in [0.4, 0.5) is 4.39 Å². The van der Waals surface area contributed by atoms with Gasteiger partial charge in [0.15, 0.2) is 0 Å². The highest BCUT2D eigenvalue weighted by Crippen LogP contribution is 2.19. The van der Waals surface area contributed by atoms with Crippen molar-refractivity contribution in [3.8, 4) is 11.8 Å². The molecule has 0 heterocycles. The first kappa shape index (κ1) is 12.4. The van der Waals surface area contributed by atoms with Crippen molar-refractivity contribution in [1.29, 1.82) is 5.26 Å². The summed E-state index contributed by atoms with van der Waals surface area (Å²) in [6.07, 6.45) is 0. The minimum absolute atomic E-state index is 0.187. The molecule has 0 aliphatic carbocycles. The van der Waals surface area contributed by atoms with Crippen LogP contribution in [0.1, 0.15) is 11.1 Å². The zero-order chi connectivity index (χ0) is 13.0. The molecule has 90 valence electrons. The lowest BCUT2D eigenvalue weighted by Gasteiger charge is -2.07. The molecule has 0 amide bonds. The molecule has 2 aromatic carbocycles. The van der Waals surface area contributed by atoms with Gasteiger partial charge in [-0.25, -0.2) is 4.39 Å². The summed E-state index contributed by atoms with van der Waals surface area (Å²) in [5, 5.41) is 9.31. The lowest BCUT2D eigenvalue weighted by Crippen LogP contribution is -1.97. The third kappa shape index (κ3) is 3.22. The maximum absolute atomic E-state index is 13.2. The van der Waals surface area contributed by atoms with Gasteiger partial charge in [0.25, 0.3) is 0 Å². The molecule has 0 N–H and O–H groups in total. The van der Waals surface area contributed by atoms with E-state index in [0.29, 0.717) is 16.3 Å². The van der Waals surface area contributed by atoms with E-state index in [1.54, 1.807) is 30.3 Å². The highest BCUT2D eigenvalue weighted by Gasteiger charge is 2.02. The molecule has 2 nitrogen and oxygen atoms in total. The van der Waals surface area contributed by atoms with Crippen LogP contribution < -0.4 is 4.74 Å². The minimum Gasteiger partial charge on any atom is -0.489 e. The quantitative estimate of drug-likeness (QED) is 0.839. The van der Waals surface area contributed by atoms with Gasteiger partial charge in [0.1, 0.15) is 18.2 Å². The van der Waals surface area contributed by atoms with Gasteiger partial charge in [0, 0.05) is 5.02 Å². The molecule has 2 aromatic rings. The Morgan fingerprint density at radius 1 is 1.22 bits per heavy atom. The van der Waals surface area contributed by atoms with Gasteiger partial charge in [0.05, 0.1) is 11.6 Å². The van der Waals surface area contributed by atoms with E-state index in [1.165, 1.54) is 12.1 Å². The van der Waals surface area contributed by atoms with Crippen molar-refractivity contribution in [2.75, 3.05) is 0 Å². The van der Waals surface area contributed by atoms with Crippen LogP contribution in [0, 0.1) is 17.1 Å². The Kier molecular flexibility index (Phi) is 3.81. The molecule has 0 aromatic heterocycles. The maximum Gasteiger partial charge on any atom is 0.124 e. The van der Waals surface area contributed by atoms with Crippen LogP contribution in [0.15, 0.2) is 42.5 Å². The molecule has 0 atom stereocenters. The summed E-state index contributed by atoms with van der Waals surface area (Å²) in [7, 11) is 0. The topological polar surface area (TPSA) is 33.0 Å². The Balaban J connectivity index is 2.11. The Morgan fingerprint density at radius 3 is 2.78 bits per heavy atom. The standard InChI is InChI=1S/C14H9ClFNO/c15-12-2-1-3-14(7-12)18-9-11-4-10(8-17)5-13(16)6-11/h1-7H,9H2. The number of hydrogen-bond acceptors (Lipinski definition) is 2. The van der Waals surface area contributed by atoms with E-state index in [0.717, 1.165) is 0 Å². The van der Waals surface area contributed by atoms with Gasteiger partial charge in [-0.3, -0.25) is 0 Å². The number of benzene rings is 2. The van der Waals surface area contributed by atoms with Crippen molar-refractivity contribution in [2.24, 2.45) is 0 Å². The summed E-state index contributed by atoms with van der Waals surface area (Å²) < 4.78 is 18.6. The zero-order valence-corrected chi connectivity index (χ0v) is 10.1. The number of hydrogen-bond donors (Lipinski definition) is 0. The van der Waals surface area contributed by atoms with E-state index in [2.05, 4.69) is 0 Å². The summed E-state index contributed by atoms with van der Waals surface area (Å²) in [6, 6.07) is 13.0. The molecule has 2 rings (SSSR count). The number of halogens is 2. The Morgan fingerprint density at radius 2 is 2.06 bits per heavy atom. The zero-order valence-electron chi connectivity index (χ0n) is 9.36. The number of nitrogens with zero attached hydrogens (tertiary/aromatic N) is 1.